The van der Waals surface area contributed by atoms with Crippen LogP contribution in [-0.4, -0.2) is 16.1 Å². The van der Waals surface area contributed by atoms with Crippen LogP contribution in [0.1, 0.15) is 23.6 Å². The molecule has 1 aromatic heterocycles. The van der Waals surface area contributed by atoms with Crippen molar-refractivity contribution in [2.75, 3.05) is 17.2 Å². The number of anilines is 2. The number of hydrogen-bond acceptors (Lipinski definition) is 4. The average molecular weight is 364 g/mol. The molecule has 0 aliphatic rings. The Kier molecular flexibility index (Phi) is 5.45. The van der Waals surface area contributed by atoms with Crippen molar-refractivity contribution in [3.05, 3.63) is 92.1 Å². The number of aromatic nitrogens is 2. The van der Waals surface area contributed by atoms with Crippen LogP contribution in [0.2, 0.25) is 0 Å². The third kappa shape index (κ3) is 3.95. The smallest absolute Gasteiger partial charge is 0.330 e. The van der Waals surface area contributed by atoms with Crippen molar-refractivity contribution >= 4 is 11.5 Å². The van der Waals surface area contributed by atoms with Crippen molar-refractivity contribution < 1.29 is 0 Å². The third-order valence-electron chi connectivity index (χ3n) is 4.72. The summed E-state index contributed by atoms with van der Waals surface area (Å²) in [4.78, 5) is 29.2. The van der Waals surface area contributed by atoms with Crippen molar-refractivity contribution in [1.82, 2.24) is 9.55 Å². The van der Waals surface area contributed by atoms with E-state index in [2.05, 4.69) is 4.98 Å². The summed E-state index contributed by atoms with van der Waals surface area (Å²) < 4.78 is 1.41. The predicted octanol–water partition coefficient (Wildman–Crippen LogP) is 2.50. The second kappa shape index (κ2) is 7.95. The largest absolute Gasteiger partial charge is 0.383 e. The second-order valence-corrected chi connectivity index (χ2v) is 6.51. The Bertz CT molecular complexity index is 1040. The van der Waals surface area contributed by atoms with Crippen LogP contribution in [0.4, 0.5) is 11.5 Å². The van der Waals surface area contributed by atoms with E-state index in [0.29, 0.717) is 25.3 Å². The van der Waals surface area contributed by atoms with E-state index in [4.69, 9.17) is 5.73 Å². The molecule has 3 N–H and O–H groups in total. The molecule has 1 heterocycles. The molecule has 0 spiro atoms. The van der Waals surface area contributed by atoms with E-state index in [9.17, 15) is 9.59 Å². The molecule has 2 aromatic carbocycles. The zero-order chi connectivity index (χ0) is 19.4. The fraction of sp³-hybridized carbons (Fsp3) is 0.238. The van der Waals surface area contributed by atoms with Crippen molar-refractivity contribution in [3.8, 4) is 0 Å². The van der Waals surface area contributed by atoms with E-state index in [1.807, 2.05) is 73.3 Å². The molecule has 0 aliphatic carbocycles. The molecule has 0 aliphatic heterocycles. The van der Waals surface area contributed by atoms with Gasteiger partial charge in [-0.1, -0.05) is 54.6 Å². The minimum Gasteiger partial charge on any atom is -0.383 e. The highest BCUT2D eigenvalue weighted by Crippen LogP contribution is 2.21. The molecule has 0 unspecified atom stereocenters. The Morgan fingerprint density at radius 2 is 1.70 bits per heavy atom. The molecular weight excluding hydrogens is 340 g/mol. The van der Waals surface area contributed by atoms with Gasteiger partial charge in [0.05, 0.1) is 6.54 Å². The van der Waals surface area contributed by atoms with Crippen LogP contribution in [0.5, 0.6) is 0 Å². The summed E-state index contributed by atoms with van der Waals surface area (Å²) in [5, 5.41) is 0. The highest BCUT2D eigenvalue weighted by atomic mass is 16.2. The Hall–Kier alpha value is -3.28. The number of aryl methyl sites for hydroxylation is 1. The lowest BCUT2D eigenvalue weighted by molar-refractivity contribution is 0.717. The molecule has 0 fully saturated rings. The monoisotopic (exact) mass is 364 g/mol. The normalized spacial score (nSPS) is 10.7. The number of H-pyrrole nitrogens is 1. The van der Waals surface area contributed by atoms with Gasteiger partial charge in [-0.2, -0.15) is 0 Å². The van der Waals surface area contributed by atoms with Gasteiger partial charge in [-0.25, -0.2) is 4.79 Å². The number of nitrogens with zero attached hydrogens (tertiary/aromatic N) is 2. The Morgan fingerprint density at radius 1 is 1.04 bits per heavy atom. The van der Waals surface area contributed by atoms with Gasteiger partial charge in [0.1, 0.15) is 11.5 Å². The first-order chi connectivity index (χ1) is 13.0. The molecule has 3 rings (SSSR count). The molecule has 0 saturated heterocycles. The van der Waals surface area contributed by atoms with Gasteiger partial charge in [-0.15, -0.1) is 0 Å². The standard InChI is InChI=1S/C21H24N4O2/c1-3-24(14-17-12-8-7-9-15(17)2)18-19(22)25(21(27)23-20(18)26)13-16-10-5-4-6-11-16/h4-12H,3,13-14,22H2,1-2H3,(H,23,26,27). The molecule has 0 atom stereocenters. The summed E-state index contributed by atoms with van der Waals surface area (Å²) >= 11 is 0. The zero-order valence-corrected chi connectivity index (χ0v) is 15.6. The van der Waals surface area contributed by atoms with Crippen molar-refractivity contribution in [3.63, 3.8) is 0 Å². The Balaban J connectivity index is 2.03. The number of nitrogens with one attached hydrogen (secondary N) is 1. The Morgan fingerprint density at radius 3 is 2.37 bits per heavy atom. The number of nitrogens with two attached hydrogens (primary N) is 1. The number of aromatic amines is 1. The lowest BCUT2D eigenvalue weighted by atomic mass is 10.1. The van der Waals surface area contributed by atoms with Crippen molar-refractivity contribution in [2.45, 2.75) is 26.9 Å². The van der Waals surface area contributed by atoms with Crippen LogP contribution in [0, 0.1) is 6.92 Å². The molecule has 0 amide bonds. The molecule has 6 nitrogen and oxygen atoms in total. The van der Waals surface area contributed by atoms with Gasteiger partial charge in [-0.3, -0.25) is 14.3 Å². The van der Waals surface area contributed by atoms with Gasteiger partial charge in [-0.05, 0) is 30.5 Å². The van der Waals surface area contributed by atoms with Crippen LogP contribution >= 0.6 is 0 Å². The number of hydrogen-bond donors (Lipinski definition) is 2. The van der Waals surface area contributed by atoms with Gasteiger partial charge >= 0.3 is 5.69 Å². The van der Waals surface area contributed by atoms with E-state index >= 15 is 0 Å². The summed E-state index contributed by atoms with van der Waals surface area (Å²) in [7, 11) is 0. The van der Waals surface area contributed by atoms with Crippen LogP contribution in [0.25, 0.3) is 0 Å². The van der Waals surface area contributed by atoms with Crippen LogP contribution < -0.4 is 21.9 Å². The van der Waals surface area contributed by atoms with Crippen LogP contribution in [0.3, 0.4) is 0 Å². The van der Waals surface area contributed by atoms with E-state index in [-0.39, 0.29) is 5.82 Å². The fourth-order valence-electron chi connectivity index (χ4n) is 3.15. The zero-order valence-electron chi connectivity index (χ0n) is 15.6. The number of benzene rings is 2. The van der Waals surface area contributed by atoms with Gasteiger partial charge < -0.3 is 10.6 Å². The maximum Gasteiger partial charge on any atom is 0.330 e. The quantitative estimate of drug-likeness (QED) is 0.704. The molecule has 27 heavy (non-hydrogen) atoms. The van der Waals surface area contributed by atoms with E-state index in [1.54, 1.807) is 0 Å². The minimum absolute atomic E-state index is 0.183. The summed E-state index contributed by atoms with van der Waals surface area (Å²) in [5.41, 5.74) is 8.86. The fourth-order valence-corrected chi connectivity index (χ4v) is 3.15. The van der Waals surface area contributed by atoms with Gasteiger partial charge in [0, 0.05) is 13.1 Å². The molecule has 0 saturated carbocycles. The summed E-state index contributed by atoms with van der Waals surface area (Å²) in [5.74, 6) is 0.183. The first kappa shape index (κ1) is 18.5. The molecule has 140 valence electrons. The van der Waals surface area contributed by atoms with E-state index < -0.39 is 11.2 Å². The molecule has 6 heteroatoms. The SMILES string of the molecule is CCN(Cc1ccccc1C)c1c(N)n(Cc2ccccc2)c(=O)[nH]c1=O. The molecular formula is C21H24N4O2. The van der Waals surface area contributed by atoms with Crippen molar-refractivity contribution in [2.24, 2.45) is 0 Å². The molecule has 0 radical (unpaired) electrons. The first-order valence-electron chi connectivity index (χ1n) is 8.97. The lowest BCUT2D eigenvalue weighted by Crippen LogP contribution is -2.38. The summed E-state index contributed by atoms with van der Waals surface area (Å²) in [6.45, 7) is 5.43. The summed E-state index contributed by atoms with van der Waals surface area (Å²) in [6, 6.07) is 17.6. The molecule has 3 aromatic rings. The maximum atomic E-state index is 12.6. The topological polar surface area (TPSA) is 84.1 Å². The van der Waals surface area contributed by atoms with Crippen LogP contribution in [0.15, 0.2) is 64.2 Å². The van der Waals surface area contributed by atoms with E-state index in [1.165, 1.54) is 4.57 Å². The van der Waals surface area contributed by atoms with Gasteiger partial charge in [0.15, 0.2) is 0 Å². The third-order valence-corrected chi connectivity index (χ3v) is 4.72. The highest BCUT2D eigenvalue weighted by molar-refractivity contribution is 5.62. The minimum atomic E-state index is -0.503. The van der Waals surface area contributed by atoms with Crippen molar-refractivity contribution in [1.29, 1.82) is 0 Å². The maximum absolute atomic E-state index is 12.6. The number of rotatable bonds is 6. The summed E-state index contributed by atoms with van der Waals surface area (Å²) in [6.07, 6.45) is 0. The van der Waals surface area contributed by atoms with E-state index in [0.717, 1.165) is 16.7 Å². The highest BCUT2D eigenvalue weighted by Gasteiger charge is 2.18. The average Bonchev–Trinajstić information content (AvgIpc) is 2.66. The predicted molar refractivity (Wildman–Crippen MR) is 109 cm³/mol. The molecule has 0 bridgehead atoms. The number of nitrogen functional groups attached to an aromatic ring is 1. The second-order valence-electron chi connectivity index (χ2n) is 6.51. The van der Waals surface area contributed by atoms with Gasteiger partial charge in [0.25, 0.3) is 5.56 Å². The van der Waals surface area contributed by atoms with Crippen LogP contribution in [-0.2, 0) is 13.1 Å². The lowest BCUT2D eigenvalue weighted by Gasteiger charge is -2.25. The Labute approximate surface area is 157 Å². The van der Waals surface area contributed by atoms with Gasteiger partial charge in [0.2, 0.25) is 0 Å². The first-order valence-corrected chi connectivity index (χ1v) is 8.97.